The van der Waals surface area contributed by atoms with E-state index in [0.717, 1.165) is 0 Å². The topological polar surface area (TPSA) is 46.5 Å². The lowest BCUT2D eigenvalue weighted by molar-refractivity contribution is -0.157. The normalized spacial score (nSPS) is 13.3. The predicted octanol–water partition coefficient (Wildman–Crippen LogP) is 0.772. The fourth-order valence-corrected chi connectivity index (χ4v) is 0.467. The molecule has 60 valence electrons. The molecule has 0 aromatic rings. The minimum absolute atomic E-state index is 0.132. The summed E-state index contributed by atoms with van der Waals surface area (Å²) in [6, 6.07) is 0. The largest absolute Gasteiger partial charge is 0.438 e. The van der Waals surface area contributed by atoms with Crippen LogP contribution in [0.25, 0.3) is 0 Å². The third-order valence-corrected chi connectivity index (χ3v) is 1.58. The average Bonchev–Trinajstić information content (AvgIpc) is 1.87. The van der Waals surface area contributed by atoms with E-state index in [1.165, 1.54) is 0 Å². The zero-order chi connectivity index (χ0) is 8.15. The number of hydrogen-bond acceptors (Lipinski definition) is 3. The molecule has 3 heteroatoms. The molecular formula is C7H14O3. The first-order valence-corrected chi connectivity index (χ1v) is 3.37. The summed E-state index contributed by atoms with van der Waals surface area (Å²) in [4.78, 5) is 10.8. The molecule has 0 aliphatic heterocycles. The maximum Gasteiger partial charge on any atom is 0.311 e. The van der Waals surface area contributed by atoms with Crippen molar-refractivity contribution >= 4 is 5.97 Å². The maximum atomic E-state index is 10.8. The van der Waals surface area contributed by atoms with Crippen molar-refractivity contribution in [2.24, 2.45) is 11.8 Å². The van der Waals surface area contributed by atoms with Gasteiger partial charge < -0.3 is 9.84 Å². The molecule has 0 spiro atoms. The summed E-state index contributed by atoms with van der Waals surface area (Å²) < 4.78 is 4.38. The number of hydrogen-bond donors (Lipinski definition) is 1. The van der Waals surface area contributed by atoms with Crippen molar-refractivity contribution in [3.8, 4) is 0 Å². The molecule has 0 fully saturated rings. The number of rotatable bonds is 3. The van der Waals surface area contributed by atoms with Crippen LogP contribution in [0.3, 0.4) is 0 Å². The van der Waals surface area contributed by atoms with Crippen molar-refractivity contribution in [1.29, 1.82) is 0 Å². The van der Waals surface area contributed by atoms with Crippen LogP contribution >= 0.6 is 0 Å². The van der Waals surface area contributed by atoms with E-state index in [1.807, 2.05) is 13.8 Å². The van der Waals surface area contributed by atoms with Gasteiger partial charge >= 0.3 is 5.97 Å². The summed E-state index contributed by atoms with van der Waals surface area (Å²) in [6.07, 6.45) is 0. The first kappa shape index (κ1) is 9.43. The number of carbonyl (C=O) groups excluding carboxylic acids is 1. The predicted molar refractivity (Wildman–Crippen MR) is 37.2 cm³/mol. The van der Waals surface area contributed by atoms with Gasteiger partial charge in [-0.15, -0.1) is 0 Å². The fraction of sp³-hybridized carbons (Fsp3) is 0.857. The van der Waals surface area contributed by atoms with E-state index < -0.39 is 6.79 Å². The summed E-state index contributed by atoms with van der Waals surface area (Å²) in [5, 5.41) is 8.22. The van der Waals surface area contributed by atoms with Gasteiger partial charge in [0.2, 0.25) is 0 Å². The van der Waals surface area contributed by atoms with E-state index >= 15 is 0 Å². The van der Waals surface area contributed by atoms with Gasteiger partial charge in [-0.25, -0.2) is 0 Å². The van der Waals surface area contributed by atoms with Crippen molar-refractivity contribution in [3.05, 3.63) is 0 Å². The molecule has 0 amide bonds. The molecule has 0 radical (unpaired) electrons. The summed E-state index contributed by atoms with van der Waals surface area (Å²) in [7, 11) is 0. The summed E-state index contributed by atoms with van der Waals surface area (Å²) in [5.41, 5.74) is 0. The molecule has 1 atom stereocenters. The van der Waals surface area contributed by atoms with E-state index in [0.29, 0.717) is 0 Å². The zero-order valence-electron chi connectivity index (χ0n) is 6.63. The third-order valence-electron chi connectivity index (χ3n) is 1.58. The lowest BCUT2D eigenvalue weighted by Crippen LogP contribution is -2.19. The molecule has 0 saturated carbocycles. The van der Waals surface area contributed by atoms with Crippen LogP contribution in [0, 0.1) is 11.8 Å². The van der Waals surface area contributed by atoms with Gasteiger partial charge in [0.25, 0.3) is 0 Å². The van der Waals surface area contributed by atoms with E-state index in [2.05, 4.69) is 4.74 Å². The van der Waals surface area contributed by atoms with E-state index in [4.69, 9.17) is 5.11 Å². The highest BCUT2D eigenvalue weighted by Gasteiger charge is 2.17. The van der Waals surface area contributed by atoms with Crippen LogP contribution in [0.15, 0.2) is 0 Å². The smallest absolute Gasteiger partial charge is 0.311 e. The average molecular weight is 146 g/mol. The second-order valence-corrected chi connectivity index (χ2v) is 2.63. The van der Waals surface area contributed by atoms with Crippen LogP contribution < -0.4 is 0 Å². The number of carbonyl (C=O) groups is 1. The van der Waals surface area contributed by atoms with Gasteiger partial charge in [0.1, 0.15) is 0 Å². The van der Waals surface area contributed by atoms with E-state index in [-0.39, 0.29) is 17.8 Å². The molecule has 0 aliphatic rings. The first-order chi connectivity index (χ1) is 4.59. The minimum atomic E-state index is -0.518. The molecule has 0 rings (SSSR count). The second-order valence-electron chi connectivity index (χ2n) is 2.63. The first-order valence-electron chi connectivity index (χ1n) is 3.37. The van der Waals surface area contributed by atoms with Crippen LogP contribution in [0.4, 0.5) is 0 Å². The van der Waals surface area contributed by atoms with Gasteiger partial charge in [0, 0.05) is 0 Å². The van der Waals surface area contributed by atoms with Crippen LogP contribution in [0.1, 0.15) is 20.8 Å². The number of ether oxygens (including phenoxy) is 1. The van der Waals surface area contributed by atoms with Gasteiger partial charge in [0.15, 0.2) is 6.79 Å². The van der Waals surface area contributed by atoms with Gasteiger partial charge in [-0.3, -0.25) is 4.79 Å². The Morgan fingerprint density at radius 3 is 2.30 bits per heavy atom. The Morgan fingerprint density at radius 1 is 1.50 bits per heavy atom. The monoisotopic (exact) mass is 146 g/mol. The molecule has 0 heterocycles. The zero-order valence-corrected chi connectivity index (χ0v) is 6.63. The van der Waals surface area contributed by atoms with Crippen LogP contribution in [0.5, 0.6) is 0 Å². The van der Waals surface area contributed by atoms with Crippen molar-refractivity contribution in [2.45, 2.75) is 20.8 Å². The third kappa shape index (κ3) is 2.82. The Hall–Kier alpha value is -0.570. The SMILES string of the molecule is CC(C)C(C)C(=O)OCO. The minimum Gasteiger partial charge on any atom is -0.438 e. The van der Waals surface area contributed by atoms with Crippen molar-refractivity contribution in [2.75, 3.05) is 6.79 Å². The van der Waals surface area contributed by atoms with E-state index in [9.17, 15) is 4.79 Å². The lowest BCUT2D eigenvalue weighted by Gasteiger charge is -2.12. The molecule has 0 aromatic heterocycles. The molecule has 0 aliphatic carbocycles. The molecule has 0 aromatic carbocycles. The number of aliphatic hydroxyl groups is 1. The maximum absolute atomic E-state index is 10.8. The highest BCUT2D eigenvalue weighted by Crippen LogP contribution is 2.10. The summed E-state index contributed by atoms with van der Waals surface area (Å²) >= 11 is 0. The number of aliphatic hydroxyl groups excluding tert-OH is 1. The van der Waals surface area contributed by atoms with E-state index in [1.54, 1.807) is 6.92 Å². The molecule has 3 nitrogen and oxygen atoms in total. The molecular weight excluding hydrogens is 132 g/mol. The Morgan fingerprint density at radius 2 is 2.00 bits per heavy atom. The Labute approximate surface area is 61.0 Å². The van der Waals surface area contributed by atoms with Crippen LogP contribution in [-0.4, -0.2) is 17.9 Å². The lowest BCUT2D eigenvalue weighted by atomic mass is 9.99. The highest BCUT2D eigenvalue weighted by molar-refractivity contribution is 5.72. The van der Waals surface area contributed by atoms with Crippen molar-refractivity contribution in [1.82, 2.24) is 0 Å². The standard InChI is InChI=1S/C7H14O3/c1-5(2)6(3)7(9)10-4-8/h5-6,8H,4H2,1-3H3. The molecule has 1 N–H and O–H groups in total. The fourth-order valence-electron chi connectivity index (χ4n) is 0.467. The molecule has 0 saturated heterocycles. The van der Waals surface area contributed by atoms with Gasteiger partial charge in [-0.1, -0.05) is 20.8 Å². The molecule has 10 heavy (non-hydrogen) atoms. The van der Waals surface area contributed by atoms with Gasteiger partial charge in [-0.2, -0.15) is 0 Å². The quantitative estimate of drug-likeness (QED) is 0.472. The highest BCUT2D eigenvalue weighted by atomic mass is 16.6. The van der Waals surface area contributed by atoms with Gasteiger partial charge in [-0.05, 0) is 5.92 Å². The number of esters is 1. The van der Waals surface area contributed by atoms with Crippen LogP contribution in [-0.2, 0) is 9.53 Å². The van der Waals surface area contributed by atoms with Crippen molar-refractivity contribution in [3.63, 3.8) is 0 Å². The Kier molecular flexibility index (Phi) is 4.03. The summed E-state index contributed by atoms with van der Waals surface area (Å²) in [5.74, 6) is -0.205. The Balaban J connectivity index is 3.71. The van der Waals surface area contributed by atoms with Gasteiger partial charge in [0.05, 0.1) is 5.92 Å². The molecule has 0 bridgehead atoms. The second kappa shape index (κ2) is 4.28. The van der Waals surface area contributed by atoms with Crippen LogP contribution in [0.2, 0.25) is 0 Å². The Bertz CT molecular complexity index is 109. The van der Waals surface area contributed by atoms with Crippen molar-refractivity contribution < 1.29 is 14.6 Å². The summed E-state index contributed by atoms with van der Waals surface area (Å²) in [6.45, 7) is 5.13. The molecule has 1 unspecified atom stereocenters.